The number of para-hydroxylation sites is 1. The quantitative estimate of drug-likeness (QED) is 0.900. The molecule has 1 aromatic carbocycles. The molecule has 1 aromatic rings. The van der Waals surface area contributed by atoms with Crippen molar-refractivity contribution in [3.8, 4) is 6.07 Å². The third-order valence-electron chi connectivity index (χ3n) is 3.71. The number of hydrogen-bond donors (Lipinski definition) is 1. The number of carbonyl (C=O) groups is 2. The maximum Gasteiger partial charge on any atom is 0.324 e. The van der Waals surface area contributed by atoms with Crippen molar-refractivity contribution in [1.82, 2.24) is 4.90 Å². The van der Waals surface area contributed by atoms with Crippen LogP contribution in [0.25, 0.3) is 0 Å². The van der Waals surface area contributed by atoms with Gasteiger partial charge in [0.15, 0.2) is 0 Å². The van der Waals surface area contributed by atoms with Gasteiger partial charge >= 0.3 is 12.0 Å². The average Bonchev–Trinajstić information content (AvgIpc) is 2.53. The molecule has 110 valence electrons. The van der Waals surface area contributed by atoms with Crippen molar-refractivity contribution in [3.05, 3.63) is 29.8 Å². The summed E-state index contributed by atoms with van der Waals surface area (Å²) in [6, 6.07) is 8.63. The minimum absolute atomic E-state index is 0.216. The Hall–Kier alpha value is -2.55. The van der Waals surface area contributed by atoms with Gasteiger partial charge in [-0.05, 0) is 25.0 Å². The second kappa shape index (κ2) is 6.27. The molecule has 1 N–H and O–H groups in total. The van der Waals surface area contributed by atoms with E-state index in [0.717, 1.165) is 0 Å². The minimum Gasteiger partial charge on any atom is -0.481 e. The fourth-order valence-corrected chi connectivity index (χ4v) is 2.53. The molecule has 1 saturated heterocycles. The Morgan fingerprint density at radius 1 is 1.43 bits per heavy atom. The number of piperidine rings is 1. The van der Waals surface area contributed by atoms with Crippen LogP contribution in [0.15, 0.2) is 24.3 Å². The van der Waals surface area contributed by atoms with Crippen molar-refractivity contribution in [2.75, 3.05) is 25.0 Å². The van der Waals surface area contributed by atoms with E-state index >= 15 is 0 Å². The number of likely N-dealkylation sites (tertiary alicyclic amines) is 1. The van der Waals surface area contributed by atoms with Gasteiger partial charge in [-0.2, -0.15) is 5.26 Å². The first-order chi connectivity index (χ1) is 10.0. The normalized spacial score (nSPS) is 17.9. The van der Waals surface area contributed by atoms with Gasteiger partial charge in [0.2, 0.25) is 0 Å². The Bertz CT molecular complexity index is 594. The van der Waals surface area contributed by atoms with Crippen LogP contribution in [0, 0.1) is 17.2 Å². The Kier molecular flexibility index (Phi) is 4.43. The van der Waals surface area contributed by atoms with Crippen LogP contribution in [0.1, 0.15) is 18.4 Å². The summed E-state index contributed by atoms with van der Waals surface area (Å²) in [6.45, 7) is 0.759. The molecule has 6 heteroatoms. The highest BCUT2D eigenvalue weighted by Crippen LogP contribution is 2.22. The molecule has 1 heterocycles. The molecule has 1 unspecified atom stereocenters. The molecule has 0 saturated carbocycles. The summed E-state index contributed by atoms with van der Waals surface area (Å²) in [5, 5.41) is 18.2. The molecule has 1 aliphatic heterocycles. The predicted molar refractivity (Wildman–Crippen MR) is 76.9 cm³/mol. The fraction of sp³-hybridized carbons (Fsp3) is 0.400. The molecule has 1 aliphatic rings. The predicted octanol–water partition coefficient (Wildman–Crippen LogP) is 1.91. The van der Waals surface area contributed by atoms with E-state index in [4.69, 9.17) is 10.4 Å². The van der Waals surface area contributed by atoms with Crippen molar-refractivity contribution in [2.24, 2.45) is 5.92 Å². The highest BCUT2D eigenvalue weighted by molar-refractivity contribution is 5.93. The zero-order valence-corrected chi connectivity index (χ0v) is 11.8. The summed E-state index contributed by atoms with van der Waals surface area (Å²) < 4.78 is 0. The van der Waals surface area contributed by atoms with Gasteiger partial charge in [-0.1, -0.05) is 12.1 Å². The summed E-state index contributed by atoms with van der Waals surface area (Å²) in [6.07, 6.45) is 1.27. The van der Waals surface area contributed by atoms with Crippen LogP contribution < -0.4 is 4.90 Å². The molecule has 1 atom stereocenters. The number of rotatable bonds is 2. The fourth-order valence-electron chi connectivity index (χ4n) is 2.53. The molecule has 0 aliphatic carbocycles. The Morgan fingerprint density at radius 2 is 2.14 bits per heavy atom. The molecular weight excluding hydrogens is 270 g/mol. The van der Waals surface area contributed by atoms with E-state index in [0.29, 0.717) is 30.6 Å². The maximum atomic E-state index is 12.5. The SMILES string of the molecule is CN(C(=O)N1CCCC(C(=O)O)C1)c1ccccc1C#N. The molecule has 1 fully saturated rings. The molecule has 0 bridgehead atoms. The van der Waals surface area contributed by atoms with Crippen molar-refractivity contribution in [3.63, 3.8) is 0 Å². The summed E-state index contributed by atoms with van der Waals surface area (Å²) in [4.78, 5) is 26.5. The van der Waals surface area contributed by atoms with Gasteiger partial charge in [-0.3, -0.25) is 9.69 Å². The van der Waals surface area contributed by atoms with E-state index in [2.05, 4.69) is 6.07 Å². The number of carboxylic acids is 1. The number of aliphatic carboxylic acids is 1. The zero-order chi connectivity index (χ0) is 15.4. The second-order valence-electron chi connectivity index (χ2n) is 5.09. The van der Waals surface area contributed by atoms with Crippen molar-refractivity contribution >= 4 is 17.7 Å². The molecule has 0 radical (unpaired) electrons. The monoisotopic (exact) mass is 287 g/mol. The van der Waals surface area contributed by atoms with E-state index in [9.17, 15) is 9.59 Å². The summed E-state index contributed by atoms with van der Waals surface area (Å²) in [5.74, 6) is -1.38. The zero-order valence-electron chi connectivity index (χ0n) is 11.8. The highest BCUT2D eigenvalue weighted by Gasteiger charge is 2.30. The maximum absolute atomic E-state index is 12.5. The third-order valence-corrected chi connectivity index (χ3v) is 3.71. The van der Waals surface area contributed by atoms with Gasteiger partial charge in [0.05, 0.1) is 17.2 Å². The summed E-state index contributed by atoms with van der Waals surface area (Å²) >= 11 is 0. The minimum atomic E-state index is -0.868. The Labute approximate surface area is 123 Å². The lowest BCUT2D eigenvalue weighted by molar-refractivity contribution is -0.143. The van der Waals surface area contributed by atoms with Gasteiger partial charge in [0, 0.05) is 20.1 Å². The van der Waals surface area contributed by atoms with Gasteiger partial charge in [0.25, 0.3) is 0 Å². The highest BCUT2D eigenvalue weighted by atomic mass is 16.4. The van der Waals surface area contributed by atoms with Gasteiger partial charge < -0.3 is 10.0 Å². The molecule has 2 amide bonds. The van der Waals surface area contributed by atoms with Gasteiger partial charge in [0.1, 0.15) is 6.07 Å². The first kappa shape index (κ1) is 14.9. The van der Waals surface area contributed by atoms with Crippen molar-refractivity contribution in [2.45, 2.75) is 12.8 Å². The number of nitriles is 1. The average molecular weight is 287 g/mol. The van der Waals surface area contributed by atoms with Crippen LogP contribution in [-0.4, -0.2) is 42.1 Å². The number of hydrogen-bond acceptors (Lipinski definition) is 3. The third kappa shape index (κ3) is 3.14. The number of benzene rings is 1. The number of urea groups is 1. The molecule has 0 aromatic heterocycles. The lowest BCUT2D eigenvalue weighted by atomic mass is 9.98. The first-order valence-electron chi connectivity index (χ1n) is 6.79. The van der Waals surface area contributed by atoms with E-state index < -0.39 is 11.9 Å². The topological polar surface area (TPSA) is 84.6 Å². The summed E-state index contributed by atoms with van der Waals surface area (Å²) in [7, 11) is 1.60. The van der Waals surface area contributed by atoms with Crippen LogP contribution >= 0.6 is 0 Å². The lowest BCUT2D eigenvalue weighted by Crippen LogP contribution is -2.47. The second-order valence-corrected chi connectivity index (χ2v) is 5.09. The number of anilines is 1. The number of carbonyl (C=O) groups excluding carboxylic acids is 1. The van der Waals surface area contributed by atoms with Crippen LogP contribution in [-0.2, 0) is 4.79 Å². The molecular formula is C15H17N3O3. The van der Waals surface area contributed by atoms with Crippen LogP contribution in [0.5, 0.6) is 0 Å². The molecule has 0 spiro atoms. The Balaban J connectivity index is 2.16. The van der Waals surface area contributed by atoms with E-state index in [-0.39, 0.29) is 12.6 Å². The van der Waals surface area contributed by atoms with Crippen LogP contribution in [0.2, 0.25) is 0 Å². The first-order valence-corrected chi connectivity index (χ1v) is 6.79. The van der Waals surface area contributed by atoms with Crippen LogP contribution in [0.4, 0.5) is 10.5 Å². The van der Waals surface area contributed by atoms with Gasteiger partial charge in [-0.15, -0.1) is 0 Å². The van der Waals surface area contributed by atoms with Crippen molar-refractivity contribution in [1.29, 1.82) is 5.26 Å². The largest absolute Gasteiger partial charge is 0.481 e. The van der Waals surface area contributed by atoms with Crippen molar-refractivity contribution < 1.29 is 14.7 Å². The smallest absolute Gasteiger partial charge is 0.324 e. The molecule has 21 heavy (non-hydrogen) atoms. The van der Waals surface area contributed by atoms with Gasteiger partial charge in [-0.25, -0.2) is 4.79 Å². The molecule has 6 nitrogen and oxygen atoms in total. The Morgan fingerprint density at radius 3 is 2.81 bits per heavy atom. The lowest BCUT2D eigenvalue weighted by Gasteiger charge is -2.34. The van der Waals surface area contributed by atoms with E-state index in [1.165, 1.54) is 9.80 Å². The number of amides is 2. The number of nitrogens with zero attached hydrogens (tertiary/aromatic N) is 3. The standard InChI is InChI=1S/C15H17N3O3/c1-17(13-7-3-2-5-11(13)9-16)15(21)18-8-4-6-12(10-18)14(19)20/h2-3,5,7,12H,4,6,8,10H2,1H3,(H,19,20). The summed E-state index contributed by atoms with van der Waals surface area (Å²) in [5.41, 5.74) is 0.947. The van der Waals surface area contributed by atoms with E-state index in [1.54, 1.807) is 31.3 Å². The van der Waals surface area contributed by atoms with E-state index in [1.807, 2.05) is 0 Å². The number of carboxylic acid groups (broad SMARTS) is 1. The van der Waals surface area contributed by atoms with Crippen LogP contribution in [0.3, 0.4) is 0 Å². The molecule has 2 rings (SSSR count).